The molecule has 1 aromatic carbocycles. The highest BCUT2D eigenvalue weighted by molar-refractivity contribution is 7.92. The Balaban J connectivity index is 2.07. The van der Waals surface area contributed by atoms with Crippen LogP contribution in [0.3, 0.4) is 0 Å². The fourth-order valence-electron chi connectivity index (χ4n) is 2.54. The van der Waals surface area contributed by atoms with E-state index in [0.717, 1.165) is 5.39 Å². The number of pyridine rings is 2. The van der Waals surface area contributed by atoms with E-state index in [2.05, 4.69) is 14.7 Å². The molecule has 0 aliphatic carbocycles. The molecule has 0 radical (unpaired) electrons. The largest absolute Gasteiger partial charge is 0.490 e. The average Bonchev–Trinajstić information content (AvgIpc) is 2.55. The minimum atomic E-state index is -3.81. The second kappa shape index (κ2) is 6.68. The number of nitrogens with zero attached hydrogens (tertiary/aromatic N) is 2. The lowest BCUT2D eigenvalue weighted by molar-refractivity contribution is 0.245. The third kappa shape index (κ3) is 3.56. The Morgan fingerprint density at radius 3 is 2.56 bits per heavy atom. The zero-order valence-electron chi connectivity index (χ0n) is 14.2. The number of hydrogen-bond acceptors (Lipinski definition) is 5. The van der Waals surface area contributed by atoms with Crippen molar-refractivity contribution in [3.63, 3.8) is 0 Å². The Morgan fingerprint density at radius 2 is 1.84 bits per heavy atom. The van der Waals surface area contributed by atoms with Crippen LogP contribution in [0, 0.1) is 6.92 Å². The van der Waals surface area contributed by atoms with Crippen molar-refractivity contribution in [2.45, 2.75) is 31.9 Å². The number of hydrogen-bond donors (Lipinski definition) is 1. The summed E-state index contributed by atoms with van der Waals surface area (Å²) < 4.78 is 33.8. The topological polar surface area (TPSA) is 81.2 Å². The first kappa shape index (κ1) is 17.2. The van der Waals surface area contributed by atoms with E-state index in [1.54, 1.807) is 43.5 Å². The van der Waals surface area contributed by atoms with Gasteiger partial charge in [0, 0.05) is 17.8 Å². The maximum Gasteiger partial charge on any atom is 0.279 e. The summed E-state index contributed by atoms with van der Waals surface area (Å²) in [6.45, 7) is 5.57. The van der Waals surface area contributed by atoms with Crippen LogP contribution in [0.25, 0.3) is 10.9 Å². The van der Waals surface area contributed by atoms with Crippen LogP contribution < -0.4 is 9.46 Å². The van der Waals surface area contributed by atoms with Gasteiger partial charge in [-0.3, -0.25) is 9.71 Å². The van der Waals surface area contributed by atoms with Crippen LogP contribution in [0.2, 0.25) is 0 Å². The molecule has 25 heavy (non-hydrogen) atoms. The standard InChI is InChI=1S/C18H19N3O3S/c1-12(2)24-16-9-11-19-17-14(16)7-4-8-15(17)21-25(22,23)18-13(3)6-5-10-20-18/h4-12,21H,1-3H3. The summed E-state index contributed by atoms with van der Waals surface area (Å²) >= 11 is 0. The fraction of sp³-hybridized carbons (Fsp3) is 0.222. The Kier molecular flexibility index (Phi) is 4.59. The van der Waals surface area contributed by atoms with Gasteiger partial charge in [-0.15, -0.1) is 0 Å². The van der Waals surface area contributed by atoms with Crippen LogP contribution in [0.4, 0.5) is 5.69 Å². The van der Waals surface area contributed by atoms with Gasteiger partial charge < -0.3 is 4.74 Å². The minimum absolute atomic E-state index is 0.00147. The first-order valence-corrected chi connectivity index (χ1v) is 9.35. The van der Waals surface area contributed by atoms with Crippen LogP contribution in [0.1, 0.15) is 19.4 Å². The molecule has 0 saturated carbocycles. The second-order valence-corrected chi connectivity index (χ2v) is 7.51. The van der Waals surface area contributed by atoms with Gasteiger partial charge in [-0.05, 0) is 50.6 Å². The molecule has 3 aromatic rings. The number of aromatic nitrogens is 2. The lowest BCUT2D eigenvalue weighted by atomic mass is 10.2. The zero-order valence-corrected chi connectivity index (χ0v) is 15.0. The number of anilines is 1. The molecule has 0 unspecified atom stereocenters. The van der Waals surface area contributed by atoms with Gasteiger partial charge in [-0.25, -0.2) is 4.98 Å². The van der Waals surface area contributed by atoms with Crippen LogP contribution >= 0.6 is 0 Å². The van der Waals surface area contributed by atoms with Gasteiger partial charge in [0.2, 0.25) is 0 Å². The van der Waals surface area contributed by atoms with Gasteiger partial charge in [0.15, 0.2) is 5.03 Å². The van der Waals surface area contributed by atoms with Crippen molar-refractivity contribution < 1.29 is 13.2 Å². The van der Waals surface area contributed by atoms with E-state index in [1.807, 2.05) is 19.9 Å². The van der Waals surface area contributed by atoms with Gasteiger partial charge >= 0.3 is 0 Å². The summed E-state index contributed by atoms with van der Waals surface area (Å²) in [6, 6.07) is 10.5. The second-order valence-electron chi connectivity index (χ2n) is 5.91. The summed E-state index contributed by atoms with van der Waals surface area (Å²) in [7, 11) is -3.81. The number of benzene rings is 1. The van der Waals surface area contributed by atoms with E-state index in [1.165, 1.54) is 6.20 Å². The van der Waals surface area contributed by atoms with E-state index in [-0.39, 0.29) is 11.1 Å². The van der Waals surface area contributed by atoms with Gasteiger partial charge in [-0.2, -0.15) is 8.42 Å². The average molecular weight is 357 g/mol. The highest BCUT2D eigenvalue weighted by atomic mass is 32.2. The van der Waals surface area contributed by atoms with Crippen molar-refractivity contribution in [3.8, 4) is 5.75 Å². The Hall–Kier alpha value is -2.67. The van der Waals surface area contributed by atoms with E-state index >= 15 is 0 Å². The normalized spacial score (nSPS) is 11.7. The van der Waals surface area contributed by atoms with Crippen LogP contribution in [-0.4, -0.2) is 24.5 Å². The quantitative estimate of drug-likeness (QED) is 0.755. The number of fused-ring (bicyclic) bond motifs is 1. The number of aryl methyl sites for hydroxylation is 1. The molecule has 130 valence electrons. The van der Waals surface area contributed by atoms with Gasteiger partial charge in [0.05, 0.1) is 17.3 Å². The molecule has 0 saturated heterocycles. The van der Waals surface area contributed by atoms with Crippen molar-refractivity contribution >= 4 is 26.6 Å². The maximum absolute atomic E-state index is 12.7. The minimum Gasteiger partial charge on any atom is -0.490 e. The molecular formula is C18H19N3O3S. The van der Waals surface area contributed by atoms with E-state index in [4.69, 9.17) is 4.74 Å². The molecule has 7 heteroatoms. The Morgan fingerprint density at radius 1 is 1.04 bits per heavy atom. The molecule has 0 bridgehead atoms. The number of nitrogens with one attached hydrogen (secondary N) is 1. The van der Waals surface area contributed by atoms with Crippen LogP contribution in [0.15, 0.2) is 53.8 Å². The maximum atomic E-state index is 12.7. The van der Waals surface area contributed by atoms with Crippen molar-refractivity contribution in [3.05, 3.63) is 54.4 Å². The van der Waals surface area contributed by atoms with Gasteiger partial charge in [0.25, 0.3) is 10.0 Å². The molecule has 6 nitrogen and oxygen atoms in total. The lowest BCUT2D eigenvalue weighted by Gasteiger charge is -2.14. The number of ether oxygens (including phenoxy) is 1. The monoisotopic (exact) mass is 357 g/mol. The van der Waals surface area contributed by atoms with Crippen molar-refractivity contribution in [2.24, 2.45) is 0 Å². The summed E-state index contributed by atoms with van der Waals surface area (Å²) in [5.74, 6) is 0.662. The molecule has 0 spiro atoms. The van der Waals surface area contributed by atoms with Gasteiger partial charge in [0.1, 0.15) is 5.75 Å². The molecule has 3 rings (SSSR count). The zero-order chi connectivity index (χ0) is 18.0. The van der Waals surface area contributed by atoms with Crippen molar-refractivity contribution in [1.82, 2.24) is 9.97 Å². The molecule has 0 aliphatic rings. The van der Waals surface area contributed by atoms with Crippen molar-refractivity contribution in [2.75, 3.05) is 4.72 Å². The van der Waals surface area contributed by atoms with E-state index in [9.17, 15) is 8.42 Å². The molecular weight excluding hydrogens is 338 g/mol. The van der Waals surface area contributed by atoms with Crippen LogP contribution in [-0.2, 0) is 10.0 Å². The predicted octanol–water partition coefficient (Wildman–Crippen LogP) is 3.53. The number of sulfonamides is 1. The highest BCUT2D eigenvalue weighted by Gasteiger charge is 2.20. The Bertz CT molecular complexity index is 1020. The molecule has 0 amide bonds. The first-order valence-electron chi connectivity index (χ1n) is 7.87. The predicted molar refractivity (Wildman–Crippen MR) is 97.3 cm³/mol. The molecule has 2 aromatic heterocycles. The van der Waals surface area contributed by atoms with Crippen molar-refractivity contribution in [1.29, 1.82) is 0 Å². The van der Waals surface area contributed by atoms with E-state index < -0.39 is 10.0 Å². The third-order valence-corrected chi connectivity index (χ3v) is 4.98. The Labute approximate surface area is 146 Å². The SMILES string of the molecule is Cc1cccnc1S(=O)(=O)Nc1cccc2c(OC(C)C)ccnc12. The summed E-state index contributed by atoms with van der Waals surface area (Å²) in [4.78, 5) is 8.31. The first-order chi connectivity index (χ1) is 11.9. The molecule has 2 heterocycles. The molecule has 0 atom stereocenters. The fourth-order valence-corrected chi connectivity index (χ4v) is 3.78. The molecule has 0 aliphatic heterocycles. The van der Waals surface area contributed by atoms with Crippen LogP contribution in [0.5, 0.6) is 5.75 Å². The lowest BCUT2D eigenvalue weighted by Crippen LogP contribution is -2.16. The molecule has 1 N–H and O–H groups in total. The van der Waals surface area contributed by atoms with E-state index in [0.29, 0.717) is 22.5 Å². The molecule has 0 fully saturated rings. The number of rotatable bonds is 5. The summed E-state index contributed by atoms with van der Waals surface area (Å²) in [5, 5.41) is 0.746. The highest BCUT2D eigenvalue weighted by Crippen LogP contribution is 2.30. The van der Waals surface area contributed by atoms with Gasteiger partial charge in [-0.1, -0.05) is 12.1 Å². The summed E-state index contributed by atoms with van der Waals surface area (Å²) in [5.41, 5.74) is 1.49. The third-order valence-electron chi connectivity index (χ3n) is 3.55. The number of para-hydroxylation sites is 1. The smallest absolute Gasteiger partial charge is 0.279 e. The summed E-state index contributed by atoms with van der Waals surface area (Å²) in [6.07, 6.45) is 3.06.